The van der Waals surface area contributed by atoms with E-state index in [1.54, 1.807) is 78.2 Å². The van der Waals surface area contributed by atoms with Gasteiger partial charge in [0.05, 0.1) is 23.9 Å². The van der Waals surface area contributed by atoms with Crippen molar-refractivity contribution in [2.45, 2.75) is 19.8 Å². The van der Waals surface area contributed by atoms with E-state index >= 15 is 0 Å². The van der Waals surface area contributed by atoms with Crippen molar-refractivity contribution in [3.63, 3.8) is 0 Å². The fraction of sp³-hybridized carbons (Fsp3) is 0.194. The first kappa shape index (κ1) is 28.5. The van der Waals surface area contributed by atoms with Crippen molar-refractivity contribution in [3.05, 3.63) is 107 Å². The normalized spacial score (nSPS) is 13.9. The summed E-state index contributed by atoms with van der Waals surface area (Å²) in [5.74, 6) is 0.721. The number of hydrogen-bond acceptors (Lipinski definition) is 8. The van der Waals surface area contributed by atoms with Crippen LogP contribution in [0.25, 0.3) is 24.3 Å². The lowest BCUT2D eigenvalue weighted by atomic mass is 9.96. The van der Waals surface area contributed by atoms with E-state index in [0.717, 1.165) is 16.3 Å². The summed E-state index contributed by atoms with van der Waals surface area (Å²) in [7, 11) is 0. The molecular formula is C31H29N5O5S. The van der Waals surface area contributed by atoms with Gasteiger partial charge in [-0.15, -0.1) is 11.3 Å². The van der Waals surface area contributed by atoms with Gasteiger partial charge in [0.25, 0.3) is 0 Å². The minimum absolute atomic E-state index is 0.0176. The smallest absolute Gasteiger partial charge is 0.313 e. The van der Waals surface area contributed by atoms with Crippen LogP contribution in [0.3, 0.4) is 0 Å². The molecule has 5 aromatic rings. The number of thiophene rings is 1. The van der Waals surface area contributed by atoms with Crippen molar-refractivity contribution in [2.24, 2.45) is 5.92 Å². The molecule has 10 nitrogen and oxygen atoms in total. The second-order valence-electron chi connectivity index (χ2n) is 9.47. The number of carbonyl (C=O) groups is 3. The predicted octanol–water partition coefficient (Wildman–Crippen LogP) is 5.94. The van der Waals surface area contributed by atoms with Gasteiger partial charge in [-0.1, -0.05) is 6.07 Å². The van der Waals surface area contributed by atoms with E-state index < -0.39 is 0 Å². The van der Waals surface area contributed by atoms with E-state index in [9.17, 15) is 14.4 Å². The number of hydrogen-bond donors (Lipinski definition) is 0. The average molecular weight is 584 g/mol. The molecule has 0 N–H and O–H groups in total. The molecule has 11 heteroatoms. The highest BCUT2D eigenvalue weighted by Gasteiger charge is 2.27. The Bertz CT molecular complexity index is 1650. The number of nitrogens with zero attached hydrogens (tertiary/aromatic N) is 5. The van der Waals surface area contributed by atoms with Crippen molar-refractivity contribution in [2.75, 3.05) is 13.1 Å². The van der Waals surface area contributed by atoms with Gasteiger partial charge in [-0.05, 0) is 85.0 Å². The van der Waals surface area contributed by atoms with Crippen LogP contribution < -0.4 is 0 Å². The van der Waals surface area contributed by atoms with E-state index in [4.69, 9.17) is 8.83 Å². The highest BCUT2D eigenvalue weighted by Crippen LogP contribution is 2.20. The van der Waals surface area contributed by atoms with Gasteiger partial charge in [0.1, 0.15) is 5.76 Å². The topological polar surface area (TPSA) is 116 Å². The van der Waals surface area contributed by atoms with Crippen molar-refractivity contribution >= 4 is 53.4 Å². The zero-order valence-corrected chi connectivity index (χ0v) is 23.7. The van der Waals surface area contributed by atoms with Crippen molar-refractivity contribution in [3.8, 4) is 0 Å². The van der Waals surface area contributed by atoms with Crippen LogP contribution in [0.1, 0.15) is 57.1 Å². The van der Waals surface area contributed by atoms with E-state index in [0.29, 0.717) is 31.6 Å². The Morgan fingerprint density at radius 2 is 1.52 bits per heavy atom. The monoisotopic (exact) mass is 583 g/mol. The molecule has 6 heterocycles. The van der Waals surface area contributed by atoms with Crippen LogP contribution >= 0.6 is 11.3 Å². The molecule has 1 saturated heterocycles. The van der Waals surface area contributed by atoms with Gasteiger partial charge in [0.2, 0.25) is 11.8 Å². The van der Waals surface area contributed by atoms with Crippen LogP contribution in [0, 0.1) is 5.92 Å². The molecule has 0 bridgehead atoms. The quantitative estimate of drug-likeness (QED) is 0.243. The number of piperidine rings is 1. The second-order valence-corrected chi connectivity index (χ2v) is 10.4. The van der Waals surface area contributed by atoms with Gasteiger partial charge in [-0.25, -0.2) is 9.36 Å². The highest BCUT2D eigenvalue weighted by atomic mass is 32.1. The molecule has 1 aliphatic rings. The summed E-state index contributed by atoms with van der Waals surface area (Å²) < 4.78 is 12.9. The minimum Gasteiger partial charge on any atom is -0.465 e. The van der Waals surface area contributed by atoms with E-state index in [1.807, 2.05) is 41.8 Å². The molecule has 1 amide bonds. The molecular weight excluding hydrogens is 554 g/mol. The fourth-order valence-corrected chi connectivity index (χ4v) is 4.96. The largest absolute Gasteiger partial charge is 0.465 e. The zero-order chi connectivity index (χ0) is 29.3. The number of carbonyl (C=O) groups excluding carboxylic acids is 3. The summed E-state index contributed by atoms with van der Waals surface area (Å²) in [6.07, 6.45) is 15.2. The van der Waals surface area contributed by atoms with Crippen LogP contribution in [0.4, 0.5) is 0 Å². The molecule has 5 aromatic heterocycles. The Morgan fingerprint density at radius 3 is 2.17 bits per heavy atom. The van der Waals surface area contributed by atoms with Crippen LogP contribution in [-0.2, 0) is 4.79 Å². The predicted molar refractivity (Wildman–Crippen MR) is 159 cm³/mol. The lowest BCUT2D eigenvalue weighted by Gasteiger charge is -2.30. The summed E-state index contributed by atoms with van der Waals surface area (Å²) in [6, 6.07) is 14.5. The Labute approximate surface area is 246 Å². The number of aromatic nitrogens is 4. The maximum Gasteiger partial charge on any atom is 0.313 e. The summed E-state index contributed by atoms with van der Waals surface area (Å²) in [4.78, 5) is 38.7. The Kier molecular flexibility index (Phi) is 9.20. The van der Waals surface area contributed by atoms with Crippen molar-refractivity contribution in [1.82, 2.24) is 24.5 Å². The molecule has 1 aliphatic heterocycles. The van der Waals surface area contributed by atoms with Crippen LogP contribution in [0.2, 0.25) is 0 Å². The minimum atomic E-state index is -0.303. The molecule has 0 unspecified atom stereocenters. The van der Waals surface area contributed by atoms with Gasteiger partial charge in [0, 0.05) is 43.2 Å². The molecule has 0 saturated carbocycles. The third-order valence-electron chi connectivity index (χ3n) is 6.60. The SMILES string of the molecule is CC(=O)N1CCC(C(=O)n2ccc(C=Cc3cccs3)n2)CC1.O=C(c1ccco1)n1ccc(C=Cc2ccco2)n1. The first-order valence-corrected chi connectivity index (χ1v) is 14.3. The average Bonchev–Trinajstić information content (AvgIpc) is 3.85. The molecule has 214 valence electrons. The second kappa shape index (κ2) is 13.6. The van der Waals surface area contributed by atoms with Gasteiger partial charge < -0.3 is 13.7 Å². The Morgan fingerprint density at radius 1 is 0.833 bits per heavy atom. The molecule has 6 rings (SSSR count). The summed E-state index contributed by atoms with van der Waals surface area (Å²) in [5.41, 5.74) is 1.43. The summed E-state index contributed by atoms with van der Waals surface area (Å²) in [6.45, 7) is 2.87. The zero-order valence-electron chi connectivity index (χ0n) is 22.9. The Hall–Kier alpha value is -5.03. The first-order valence-electron chi connectivity index (χ1n) is 13.4. The van der Waals surface area contributed by atoms with Gasteiger partial charge in [-0.3, -0.25) is 14.4 Å². The van der Waals surface area contributed by atoms with Gasteiger partial charge in [0.15, 0.2) is 5.76 Å². The third kappa shape index (κ3) is 7.38. The molecule has 0 atom stereocenters. The fourth-order valence-electron chi connectivity index (χ4n) is 4.34. The molecule has 0 spiro atoms. The molecule has 0 aliphatic carbocycles. The van der Waals surface area contributed by atoms with Crippen molar-refractivity contribution in [1.29, 1.82) is 0 Å². The summed E-state index contributed by atoms with van der Waals surface area (Å²) in [5, 5.41) is 10.5. The first-order chi connectivity index (χ1) is 20.5. The van der Waals surface area contributed by atoms with Gasteiger partial charge in [-0.2, -0.15) is 10.2 Å². The van der Waals surface area contributed by atoms with E-state index in [2.05, 4.69) is 10.2 Å². The van der Waals surface area contributed by atoms with Crippen molar-refractivity contribution < 1.29 is 23.2 Å². The number of likely N-dealkylation sites (tertiary alicyclic amines) is 1. The standard InChI is InChI=1S/C17H19N3O2S.C14H10N2O3/c1-13(21)19-9-6-14(7-10-19)17(22)20-11-8-15(18-20)4-5-16-3-2-12-23-16;17-14(13-4-2-10-19-13)16-8-7-11(15-16)5-6-12-3-1-9-18-12/h2-5,8,11-12,14H,6-7,9-10H2,1H3;1-10H. The number of rotatable bonds is 6. The molecule has 0 radical (unpaired) electrons. The van der Waals surface area contributed by atoms with E-state index in [1.165, 1.54) is 15.6 Å². The van der Waals surface area contributed by atoms with Crippen LogP contribution in [-0.4, -0.2) is 55.3 Å². The lowest BCUT2D eigenvalue weighted by Crippen LogP contribution is -2.40. The van der Waals surface area contributed by atoms with Crippen LogP contribution in [0.15, 0.2) is 87.7 Å². The molecule has 0 aromatic carbocycles. The molecule has 1 fully saturated rings. The maximum absolute atomic E-state index is 12.5. The van der Waals surface area contributed by atoms with Crippen LogP contribution in [0.5, 0.6) is 0 Å². The number of amides is 1. The lowest BCUT2D eigenvalue weighted by molar-refractivity contribution is -0.130. The summed E-state index contributed by atoms with van der Waals surface area (Å²) >= 11 is 1.66. The Balaban J connectivity index is 0.000000171. The number of furan rings is 2. The third-order valence-corrected chi connectivity index (χ3v) is 7.44. The maximum atomic E-state index is 12.5. The highest BCUT2D eigenvalue weighted by molar-refractivity contribution is 7.10. The van der Waals surface area contributed by atoms with E-state index in [-0.39, 0.29) is 29.4 Å². The molecule has 42 heavy (non-hydrogen) atoms. The van der Waals surface area contributed by atoms with Gasteiger partial charge >= 0.3 is 5.91 Å².